The maximum Gasteiger partial charge on any atom is 0.327 e. The topological polar surface area (TPSA) is 68.2 Å². The van der Waals surface area contributed by atoms with Gasteiger partial charge >= 0.3 is 8.56 Å². The Hall–Kier alpha value is -0.546. The van der Waals surface area contributed by atoms with Crippen molar-refractivity contribution < 1.29 is 23.5 Å². The third-order valence-corrected chi connectivity index (χ3v) is 12.7. The largest absolute Gasteiger partial charge is 0.432 e. The zero-order chi connectivity index (χ0) is 18.8. The van der Waals surface area contributed by atoms with Gasteiger partial charge in [-0.2, -0.15) is 0 Å². The highest BCUT2D eigenvalue weighted by Gasteiger charge is 2.42. The molecule has 5 nitrogen and oxygen atoms in total. The highest BCUT2D eigenvalue weighted by Crippen LogP contribution is 2.26. The molecule has 0 radical (unpaired) electrons. The molecule has 0 saturated carbocycles. The lowest BCUT2D eigenvalue weighted by atomic mass is 10.4. The Morgan fingerprint density at radius 1 is 1.12 bits per heavy atom. The number of aliphatic hydroxyl groups is 2. The van der Waals surface area contributed by atoms with Gasteiger partial charge in [-0.15, -0.1) is 0 Å². The predicted molar refractivity (Wildman–Crippen MR) is 106 cm³/mol. The van der Waals surface area contributed by atoms with Crippen molar-refractivity contribution in [3.8, 4) is 0 Å². The van der Waals surface area contributed by atoms with Crippen molar-refractivity contribution >= 4 is 22.1 Å². The second kappa shape index (κ2) is 11.2. The van der Waals surface area contributed by atoms with Crippen LogP contribution < -0.4 is 5.19 Å². The minimum absolute atomic E-state index is 0.164. The average Bonchev–Trinajstić information content (AvgIpc) is 2.61. The lowest BCUT2D eigenvalue weighted by Crippen LogP contribution is -2.56. The Labute approximate surface area is 154 Å². The Bertz CT molecular complexity index is 472. The zero-order valence-corrected chi connectivity index (χ0v) is 18.0. The van der Waals surface area contributed by atoms with Crippen LogP contribution in [0.3, 0.4) is 0 Å². The Kier molecular flexibility index (Phi) is 10.1. The molecule has 2 atom stereocenters. The quantitative estimate of drug-likeness (QED) is 0.402. The molecule has 7 heteroatoms. The minimum Gasteiger partial charge on any atom is -0.432 e. The molecular formula is C18H34O5Si2. The maximum absolute atomic E-state index is 9.32. The van der Waals surface area contributed by atoms with Gasteiger partial charge in [0.15, 0.2) is 0 Å². The van der Waals surface area contributed by atoms with Crippen LogP contribution in [0, 0.1) is 0 Å². The van der Waals surface area contributed by atoms with Crippen LogP contribution in [0.4, 0.5) is 0 Å². The van der Waals surface area contributed by atoms with Gasteiger partial charge in [0.05, 0.1) is 13.2 Å². The van der Waals surface area contributed by atoms with Crippen LogP contribution in [-0.4, -0.2) is 60.1 Å². The van der Waals surface area contributed by atoms with E-state index in [1.54, 1.807) is 7.11 Å². The lowest BCUT2D eigenvalue weighted by molar-refractivity contribution is 0.00617. The molecule has 0 aromatic heterocycles. The van der Waals surface area contributed by atoms with E-state index < -0.39 is 23.0 Å². The molecule has 1 aromatic rings. The summed E-state index contributed by atoms with van der Waals surface area (Å²) in [6, 6.07) is 12.3. The molecule has 0 aliphatic heterocycles. The first-order chi connectivity index (χ1) is 11.9. The fourth-order valence-corrected chi connectivity index (χ4v) is 11.4. The molecule has 0 heterocycles. The first kappa shape index (κ1) is 22.5. The summed E-state index contributed by atoms with van der Waals surface area (Å²) in [5.74, 6) is 0. The van der Waals surface area contributed by atoms with Crippen molar-refractivity contribution in [3.63, 3.8) is 0 Å². The standard InChI is InChI=1S/C18H34O5Si2/c1-5-13-25(21-2,14-9-12-22-16-17(20)15-19)23-24(3,4)18-10-7-6-8-11-18/h6-8,10-11,17,19-20H,5,9,12-16H2,1-4H3. The van der Waals surface area contributed by atoms with Gasteiger partial charge in [-0.3, -0.25) is 0 Å². The highest BCUT2D eigenvalue weighted by atomic mass is 28.4. The third kappa shape index (κ3) is 7.70. The van der Waals surface area contributed by atoms with E-state index in [0.29, 0.717) is 6.61 Å². The second-order valence-electron chi connectivity index (χ2n) is 6.86. The summed E-state index contributed by atoms with van der Waals surface area (Å²) in [7, 11) is -2.57. The van der Waals surface area contributed by atoms with E-state index in [1.807, 2.05) is 6.07 Å². The Balaban J connectivity index is 2.68. The molecule has 0 spiro atoms. The van der Waals surface area contributed by atoms with Crippen LogP contribution in [0.25, 0.3) is 0 Å². The van der Waals surface area contributed by atoms with E-state index in [-0.39, 0.29) is 13.2 Å². The van der Waals surface area contributed by atoms with Gasteiger partial charge in [0.1, 0.15) is 6.10 Å². The van der Waals surface area contributed by atoms with Crippen LogP contribution in [0.1, 0.15) is 19.8 Å². The van der Waals surface area contributed by atoms with E-state index in [1.165, 1.54) is 5.19 Å². The molecule has 25 heavy (non-hydrogen) atoms. The lowest BCUT2D eigenvalue weighted by Gasteiger charge is -2.37. The molecule has 0 amide bonds. The maximum atomic E-state index is 9.32. The number of aliphatic hydroxyl groups excluding tert-OH is 2. The molecule has 2 unspecified atom stereocenters. The molecule has 0 aliphatic rings. The fourth-order valence-electron chi connectivity index (χ4n) is 2.93. The summed E-state index contributed by atoms with van der Waals surface area (Å²) in [4.78, 5) is 0. The number of ether oxygens (including phenoxy) is 1. The summed E-state index contributed by atoms with van der Waals surface area (Å²) in [6.45, 7) is 7.05. The molecule has 144 valence electrons. The number of benzene rings is 1. The van der Waals surface area contributed by atoms with Crippen molar-refractivity contribution in [1.82, 2.24) is 0 Å². The number of rotatable bonds is 13. The molecule has 0 bridgehead atoms. The number of hydrogen-bond donors (Lipinski definition) is 2. The summed E-state index contributed by atoms with van der Waals surface area (Å²) < 4.78 is 18.2. The molecule has 0 aliphatic carbocycles. The van der Waals surface area contributed by atoms with Crippen molar-refractivity contribution in [1.29, 1.82) is 0 Å². The Morgan fingerprint density at radius 3 is 2.36 bits per heavy atom. The summed E-state index contributed by atoms with van der Waals surface area (Å²) in [6.07, 6.45) is 1.06. The monoisotopic (exact) mass is 386 g/mol. The normalized spacial score (nSPS) is 15.8. The van der Waals surface area contributed by atoms with Crippen molar-refractivity contribution in [3.05, 3.63) is 30.3 Å². The van der Waals surface area contributed by atoms with Gasteiger partial charge in [-0.25, -0.2) is 0 Å². The fraction of sp³-hybridized carbons (Fsp3) is 0.667. The summed E-state index contributed by atoms with van der Waals surface area (Å²) in [5, 5.41) is 19.4. The number of hydrogen-bond acceptors (Lipinski definition) is 5. The molecular weight excluding hydrogens is 352 g/mol. The summed E-state index contributed by atoms with van der Waals surface area (Å²) >= 11 is 0. The summed E-state index contributed by atoms with van der Waals surface area (Å²) in [5.41, 5.74) is 0. The minimum atomic E-state index is -2.30. The molecule has 0 fully saturated rings. The van der Waals surface area contributed by atoms with Gasteiger partial charge in [0, 0.05) is 13.7 Å². The van der Waals surface area contributed by atoms with Gasteiger partial charge in [-0.1, -0.05) is 43.7 Å². The molecule has 2 N–H and O–H groups in total. The van der Waals surface area contributed by atoms with Crippen LogP contribution in [0.2, 0.25) is 25.2 Å². The van der Waals surface area contributed by atoms with E-state index in [2.05, 4.69) is 44.3 Å². The average molecular weight is 387 g/mol. The predicted octanol–water partition coefficient (Wildman–Crippen LogP) is 2.37. The van der Waals surface area contributed by atoms with Crippen LogP contribution in [-0.2, 0) is 13.3 Å². The van der Waals surface area contributed by atoms with E-state index in [9.17, 15) is 5.11 Å². The van der Waals surface area contributed by atoms with E-state index in [4.69, 9.17) is 18.4 Å². The molecule has 1 aromatic carbocycles. The van der Waals surface area contributed by atoms with Gasteiger partial charge in [-0.05, 0) is 36.8 Å². The molecule has 1 rings (SSSR count). The smallest absolute Gasteiger partial charge is 0.327 e. The third-order valence-electron chi connectivity index (χ3n) is 4.28. The van der Waals surface area contributed by atoms with Gasteiger partial charge in [0.2, 0.25) is 8.32 Å². The van der Waals surface area contributed by atoms with E-state index in [0.717, 1.165) is 24.9 Å². The highest BCUT2D eigenvalue weighted by molar-refractivity contribution is 6.91. The van der Waals surface area contributed by atoms with Crippen molar-refractivity contribution in [2.45, 2.75) is 51.1 Å². The van der Waals surface area contributed by atoms with Crippen molar-refractivity contribution in [2.24, 2.45) is 0 Å². The zero-order valence-electron chi connectivity index (χ0n) is 16.0. The van der Waals surface area contributed by atoms with Crippen LogP contribution >= 0.6 is 0 Å². The first-order valence-corrected chi connectivity index (χ1v) is 14.2. The van der Waals surface area contributed by atoms with Gasteiger partial charge in [0.25, 0.3) is 0 Å². The first-order valence-electron chi connectivity index (χ1n) is 9.06. The SMILES string of the molecule is CCC[Si](CCCOCC(O)CO)(OC)O[Si](C)(C)c1ccccc1. The second-order valence-corrected chi connectivity index (χ2v) is 14.5. The Morgan fingerprint density at radius 2 is 1.80 bits per heavy atom. The van der Waals surface area contributed by atoms with Crippen LogP contribution in [0.15, 0.2) is 30.3 Å². The molecule has 0 saturated heterocycles. The van der Waals surface area contributed by atoms with Crippen molar-refractivity contribution in [2.75, 3.05) is 26.9 Å². The van der Waals surface area contributed by atoms with Crippen LogP contribution in [0.5, 0.6) is 0 Å². The van der Waals surface area contributed by atoms with Gasteiger partial charge < -0.3 is 23.5 Å². The van der Waals surface area contributed by atoms with E-state index >= 15 is 0 Å².